The number of nitrogens with zero attached hydrogens (tertiary/aromatic N) is 1. The first-order chi connectivity index (χ1) is 10.1. The van der Waals surface area contributed by atoms with Crippen LogP contribution in [0.25, 0.3) is 0 Å². The van der Waals surface area contributed by atoms with Gasteiger partial charge >= 0.3 is 0 Å². The molecule has 1 amide bonds. The third kappa shape index (κ3) is 3.76. The lowest BCUT2D eigenvalue weighted by Gasteiger charge is -2.21. The normalized spacial score (nSPS) is 22.5. The van der Waals surface area contributed by atoms with E-state index in [4.69, 9.17) is 0 Å². The van der Waals surface area contributed by atoms with Crippen LogP contribution in [-0.4, -0.2) is 42.0 Å². The first-order valence-electron chi connectivity index (χ1n) is 8.03. The molecule has 114 valence electrons. The summed E-state index contributed by atoms with van der Waals surface area (Å²) >= 11 is 0. The van der Waals surface area contributed by atoms with Crippen molar-refractivity contribution in [3.8, 4) is 0 Å². The van der Waals surface area contributed by atoms with E-state index in [1.807, 2.05) is 24.3 Å². The number of carbonyl (C=O) groups excluding carboxylic acids is 1. The third-order valence-corrected chi connectivity index (χ3v) is 4.36. The van der Waals surface area contributed by atoms with Crippen LogP contribution < -0.4 is 10.6 Å². The zero-order chi connectivity index (χ0) is 14.8. The Balaban J connectivity index is 1.59. The van der Waals surface area contributed by atoms with E-state index in [2.05, 4.69) is 29.4 Å². The average Bonchev–Trinajstić information content (AvgIpc) is 3.14. The minimum absolute atomic E-state index is 0.0522. The van der Waals surface area contributed by atoms with Crippen LogP contribution in [0.4, 0.5) is 5.69 Å². The number of rotatable bonds is 5. The molecule has 1 unspecified atom stereocenters. The lowest BCUT2D eigenvalue weighted by molar-refractivity contribution is 0.0951. The first kappa shape index (κ1) is 14.4. The van der Waals surface area contributed by atoms with Gasteiger partial charge < -0.3 is 10.6 Å². The molecule has 1 aromatic rings. The van der Waals surface area contributed by atoms with Crippen molar-refractivity contribution in [1.82, 2.24) is 10.2 Å². The maximum Gasteiger partial charge on any atom is 0.251 e. The summed E-state index contributed by atoms with van der Waals surface area (Å²) in [7, 11) is 0. The Hall–Kier alpha value is -1.55. The molecule has 1 atom stereocenters. The molecule has 0 aromatic heterocycles. The summed E-state index contributed by atoms with van der Waals surface area (Å²) in [6.07, 6.45) is 3.41. The lowest BCUT2D eigenvalue weighted by atomic mass is 10.1. The van der Waals surface area contributed by atoms with Crippen molar-refractivity contribution >= 4 is 11.6 Å². The number of hydrogen-bond donors (Lipinski definition) is 2. The maximum atomic E-state index is 12.1. The van der Waals surface area contributed by atoms with E-state index in [-0.39, 0.29) is 5.91 Å². The number of amides is 1. The molecule has 3 rings (SSSR count). The van der Waals surface area contributed by atoms with Crippen molar-refractivity contribution < 1.29 is 4.79 Å². The summed E-state index contributed by atoms with van der Waals surface area (Å²) in [4.78, 5) is 14.6. The number of carbonyl (C=O) groups is 1. The second kappa shape index (κ2) is 6.06. The van der Waals surface area contributed by atoms with Gasteiger partial charge in [0.05, 0.1) is 0 Å². The highest BCUT2D eigenvalue weighted by Crippen LogP contribution is 2.21. The molecule has 2 aliphatic rings. The van der Waals surface area contributed by atoms with Gasteiger partial charge in [-0.1, -0.05) is 6.07 Å². The number of likely N-dealkylation sites (tertiary alicyclic amines) is 1. The number of anilines is 1. The predicted octanol–water partition coefficient (Wildman–Crippen LogP) is 2.47. The van der Waals surface area contributed by atoms with Gasteiger partial charge in [-0.05, 0) is 51.3 Å². The molecule has 1 aliphatic heterocycles. The van der Waals surface area contributed by atoms with Crippen molar-refractivity contribution in [3.05, 3.63) is 29.8 Å². The zero-order valence-electron chi connectivity index (χ0n) is 12.9. The summed E-state index contributed by atoms with van der Waals surface area (Å²) in [6.45, 7) is 6.71. The second-order valence-electron chi connectivity index (χ2n) is 6.55. The Labute approximate surface area is 126 Å². The van der Waals surface area contributed by atoms with Gasteiger partial charge in [-0.2, -0.15) is 0 Å². The van der Waals surface area contributed by atoms with E-state index in [1.165, 1.54) is 0 Å². The van der Waals surface area contributed by atoms with Crippen molar-refractivity contribution in [1.29, 1.82) is 0 Å². The molecular formula is C17H25N3O. The monoisotopic (exact) mass is 287 g/mol. The van der Waals surface area contributed by atoms with Gasteiger partial charge in [0.25, 0.3) is 5.91 Å². The molecule has 0 radical (unpaired) electrons. The number of benzene rings is 1. The Bertz CT molecular complexity index is 511. The molecule has 1 saturated heterocycles. The molecule has 21 heavy (non-hydrogen) atoms. The number of nitrogens with one attached hydrogen (secondary N) is 2. The van der Waals surface area contributed by atoms with Crippen LogP contribution in [0.5, 0.6) is 0 Å². The molecule has 4 heteroatoms. The summed E-state index contributed by atoms with van der Waals surface area (Å²) in [6, 6.07) is 9.35. The Morgan fingerprint density at radius 3 is 2.71 bits per heavy atom. The molecule has 4 nitrogen and oxygen atoms in total. The van der Waals surface area contributed by atoms with E-state index >= 15 is 0 Å². The fraction of sp³-hybridized carbons (Fsp3) is 0.588. The first-order valence-corrected chi connectivity index (χ1v) is 8.03. The fourth-order valence-electron chi connectivity index (χ4n) is 2.86. The average molecular weight is 287 g/mol. The Kier molecular flexibility index (Phi) is 4.15. The minimum atomic E-state index is 0.0522. The highest BCUT2D eigenvalue weighted by Gasteiger charge is 2.25. The minimum Gasteiger partial charge on any atom is -0.381 e. The van der Waals surface area contributed by atoms with E-state index in [9.17, 15) is 4.79 Å². The molecule has 0 spiro atoms. The fourth-order valence-corrected chi connectivity index (χ4v) is 2.86. The van der Waals surface area contributed by atoms with Gasteiger partial charge in [-0.15, -0.1) is 0 Å². The molecule has 1 aromatic carbocycles. The lowest BCUT2D eigenvalue weighted by Crippen LogP contribution is -2.31. The topological polar surface area (TPSA) is 44.4 Å². The van der Waals surface area contributed by atoms with Crippen LogP contribution in [0.15, 0.2) is 24.3 Å². The smallest absolute Gasteiger partial charge is 0.251 e. The Morgan fingerprint density at radius 1 is 1.24 bits per heavy atom. The standard InChI is InChI=1S/C17H25N3O/c1-12(2)20-9-8-16(11-20)18-15-5-3-4-13(10-15)17(21)19-14-6-7-14/h3-5,10,12,14,16,18H,6-9,11H2,1-2H3,(H,19,21). The summed E-state index contributed by atoms with van der Waals surface area (Å²) in [5.74, 6) is 0.0522. The van der Waals surface area contributed by atoms with Crippen LogP contribution in [-0.2, 0) is 0 Å². The molecule has 0 bridgehead atoms. The van der Waals surface area contributed by atoms with Gasteiger partial charge in [0.2, 0.25) is 0 Å². The summed E-state index contributed by atoms with van der Waals surface area (Å²) in [5.41, 5.74) is 1.81. The molecule has 1 aliphatic carbocycles. The van der Waals surface area contributed by atoms with E-state index in [1.54, 1.807) is 0 Å². The van der Waals surface area contributed by atoms with E-state index < -0.39 is 0 Å². The predicted molar refractivity (Wildman–Crippen MR) is 85.7 cm³/mol. The van der Waals surface area contributed by atoms with Crippen LogP contribution in [0.1, 0.15) is 43.5 Å². The van der Waals surface area contributed by atoms with E-state index in [0.29, 0.717) is 18.1 Å². The van der Waals surface area contributed by atoms with Crippen LogP contribution in [0, 0.1) is 0 Å². The number of hydrogen-bond acceptors (Lipinski definition) is 3. The second-order valence-corrected chi connectivity index (χ2v) is 6.55. The molecule has 1 saturated carbocycles. The van der Waals surface area contributed by atoms with Crippen LogP contribution >= 0.6 is 0 Å². The zero-order valence-corrected chi connectivity index (χ0v) is 12.9. The van der Waals surface area contributed by atoms with Crippen molar-refractivity contribution in [2.24, 2.45) is 0 Å². The van der Waals surface area contributed by atoms with Crippen molar-refractivity contribution in [2.75, 3.05) is 18.4 Å². The van der Waals surface area contributed by atoms with E-state index in [0.717, 1.165) is 43.6 Å². The largest absolute Gasteiger partial charge is 0.381 e. The van der Waals surface area contributed by atoms with Crippen LogP contribution in [0.3, 0.4) is 0 Å². The van der Waals surface area contributed by atoms with Crippen molar-refractivity contribution in [2.45, 2.75) is 51.2 Å². The molecule has 2 N–H and O–H groups in total. The van der Waals surface area contributed by atoms with Crippen molar-refractivity contribution in [3.63, 3.8) is 0 Å². The van der Waals surface area contributed by atoms with Gasteiger partial charge in [-0.25, -0.2) is 0 Å². The highest BCUT2D eigenvalue weighted by molar-refractivity contribution is 5.95. The molecule has 1 heterocycles. The third-order valence-electron chi connectivity index (χ3n) is 4.36. The van der Waals surface area contributed by atoms with Gasteiger partial charge in [0.15, 0.2) is 0 Å². The van der Waals surface area contributed by atoms with Gasteiger partial charge in [0, 0.05) is 42.5 Å². The molecular weight excluding hydrogens is 262 g/mol. The highest BCUT2D eigenvalue weighted by atomic mass is 16.1. The van der Waals surface area contributed by atoms with Gasteiger partial charge in [0.1, 0.15) is 0 Å². The van der Waals surface area contributed by atoms with Gasteiger partial charge in [-0.3, -0.25) is 9.69 Å². The molecule has 2 fully saturated rings. The summed E-state index contributed by atoms with van der Waals surface area (Å²) < 4.78 is 0. The van der Waals surface area contributed by atoms with Crippen LogP contribution in [0.2, 0.25) is 0 Å². The SMILES string of the molecule is CC(C)N1CCC(Nc2cccc(C(=O)NC3CC3)c2)C1. The summed E-state index contributed by atoms with van der Waals surface area (Å²) in [5, 5.41) is 6.61. The maximum absolute atomic E-state index is 12.1. The quantitative estimate of drug-likeness (QED) is 0.874. The Morgan fingerprint density at radius 2 is 2.05 bits per heavy atom.